The molecule has 0 bridgehead atoms. The van der Waals surface area contributed by atoms with Crippen LogP contribution in [0.15, 0.2) is 29.2 Å². The maximum atomic E-state index is 12.5. The maximum Gasteiger partial charge on any atom is 0.338 e. The number of nitrogens with zero attached hydrogens (tertiary/aromatic N) is 2. The van der Waals surface area contributed by atoms with Gasteiger partial charge >= 0.3 is 5.97 Å². The van der Waals surface area contributed by atoms with E-state index in [-0.39, 0.29) is 36.5 Å². The van der Waals surface area contributed by atoms with E-state index in [0.717, 1.165) is 0 Å². The van der Waals surface area contributed by atoms with Gasteiger partial charge in [-0.2, -0.15) is 9.57 Å². The fraction of sp³-hybridized carbons (Fsp3) is 0.438. The van der Waals surface area contributed by atoms with Crippen LogP contribution in [-0.4, -0.2) is 64.1 Å². The predicted octanol–water partition coefficient (Wildman–Crippen LogP) is -0.106. The lowest BCUT2D eigenvalue weighted by molar-refractivity contribution is -0.124. The number of rotatable bonds is 7. The SMILES string of the molecule is N#CCCNC(=O)COC(=O)c1ccc(S(=O)(=O)N2CCOCC2)cc1. The van der Waals surface area contributed by atoms with Crippen molar-refractivity contribution in [3.8, 4) is 6.07 Å². The van der Waals surface area contributed by atoms with Gasteiger partial charge in [0, 0.05) is 19.6 Å². The Bertz CT molecular complexity index is 779. The Kier molecular flexibility index (Phi) is 7.08. The van der Waals surface area contributed by atoms with Crippen LogP contribution in [0.3, 0.4) is 0 Å². The molecule has 0 atom stereocenters. The minimum atomic E-state index is -3.63. The van der Waals surface area contributed by atoms with Crippen molar-refractivity contribution in [1.29, 1.82) is 5.26 Å². The quantitative estimate of drug-likeness (QED) is 0.516. The van der Waals surface area contributed by atoms with Gasteiger partial charge in [0.2, 0.25) is 10.0 Å². The normalized spacial score (nSPS) is 15.0. The first-order valence-corrected chi connectivity index (χ1v) is 9.38. The molecule has 9 nitrogen and oxygen atoms in total. The lowest BCUT2D eigenvalue weighted by atomic mass is 10.2. The summed E-state index contributed by atoms with van der Waals surface area (Å²) in [4.78, 5) is 23.4. The maximum absolute atomic E-state index is 12.5. The summed E-state index contributed by atoms with van der Waals surface area (Å²) < 4.78 is 36.3. The number of hydrogen-bond donors (Lipinski definition) is 1. The van der Waals surface area contributed by atoms with Gasteiger partial charge in [-0.1, -0.05) is 0 Å². The monoisotopic (exact) mass is 381 g/mol. The summed E-state index contributed by atoms with van der Waals surface area (Å²) in [5, 5.41) is 10.8. The number of carbonyl (C=O) groups excluding carboxylic acids is 2. The van der Waals surface area contributed by atoms with Crippen LogP contribution in [0, 0.1) is 11.3 Å². The van der Waals surface area contributed by atoms with Crippen LogP contribution in [0.4, 0.5) is 0 Å². The number of nitriles is 1. The van der Waals surface area contributed by atoms with Gasteiger partial charge < -0.3 is 14.8 Å². The zero-order valence-electron chi connectivity index (χ0n) is 14.0. The molecule has 2 rings (SSSR count). The molecule has 1 amide bonds. The third kappa shape index (κ3) is 5.26. The Morgan fingerprint density at radius 3 is 2.50 bits per heavy atom. The third-order valence-electron chi connectivity index (χ3n) is 3.59. The van der Waals surface area contributed by atoms with Crippen LogP contribution >= 0.6 is 0 Å². The number of benzene rings is 1. The first-order valence-electron chi connectivity index (χ1n) is 7.94. The molecule has 0 aliphatic carbocycles. The molecule has 0 aromatic heterocycles. The van der Waals surface area contributed by atoms with E-state index in [1.165, 1.54) is 28.6 Å². The van der Waals surface area contributed by atoms with E-state index in [4.69, 9.17) is 14.7 Å². The van der Waals surface area contributed by atoms with Crippen LogP contribution in [0.2, 0.25) is 0 Å². The molecule has 1 saturated heterocycles. The van der Waals surface area contributed by atoms with Crippen molar-refractivity contribution in [3.63, 3.8) is 0 Å². The number of esters is 1. The first-order chi connectivity index (χ1) is 12.4. The molecule has 1 fully saturated rings. The van der Waals surface area contributed by atoms with Gasteiger partial charge in [-0.3, -0.25) is 4.79 Å². The summed E-state index contributed by atoms with van der Waals surface area (Å²) in [5.74, 6) is -1.25. The molecule has 1 N–H and O–H groups in total. The van der Waals surface area contributed by atoms with Crippen molar-refractivity contribution < 1.29 is 27.5 Å². The lowest BCUT2D eigenvalue weighted by Gasteiger charge is -2.26. The number of amides is 1. The second-order valence-electron chi connectivity index (χ2n) is 5.38. The molecule has 10 heteroatoms. The van der Waals surface area contributed by atoms with E-state index < -0.39 is 28.5 Å². The topological polar surface area (TPSA) is 126 Å². The summed E-state index contributed by atoms with van der Waals surface area (Å²) in [6, 6.07) is 7.20. The molecular weight excluding hydrogens is 362 g/mol. The Morgan fingerprint density at radius 1 is 1.23 bits per heavy atom. The highest BCUT2D eigenvalue weighted by molar-refractivity contribution is 7.89. The Morgan fingerprint density at radius 2 is 1.88 bits per heavy atom. The summed E-state index contributed by atoms with van der Waals surface area (Å²) in [6.07, 6.45) is 0.165. The molecule has 140 valence electrons. The fourth-order valence-corrected chi connectivity index (χ4v) is 3.63. The van der Waals surface area contributed by atoms with Gasteiger partial charge in [0.1, 0.15) is 0 Å². The number of hydrogen-bond acceptors (Lipinski definition) is 7. The van der Waals surface area contributed by atoms with E-state index in [0.29, 0.717) is 13.2 Å². The van der Waals surface area contributed by atoms with Crippen molar-refractivity contribution in [1.82, 2.24) is 9.62 Å². The summed E-state index contributed by atoms with van der Waals surface area (Å²) in [6.45, 7) is 0.972. The summed E-state index contributed by atoms with van der Waals surface area (Å²) >= 11 is 0. The number of carbonyl (C=O) groups is 2. The van der Waals surface area contributed by atoms with Gasteiger partial charge in [-0.15, -0.1) is 0 Å². The zero-order valence-corrected chi connectivity index (χ0v) is 14.8. The van der Waals surface area contributed by atoms with Gasteiger partial charge in [0.25, 0.3) is 5.91 Å². The van der Waals surface area contributed by atoms with E-state index in [1.54, 1.807) is 0 Å². The molecule has 0 saturated carbocycles. The number of nitrogens with one attached hydrogen (secondary N) is 1. The Labute approximate surface area is 151 Å². The third-order valence-corrected chi connectivity index (χ3v) is 5.50. The van der Waals surface area contributed by atoms with Crippen LogP contribution in [-0.2, 0) is 24.3 Å². The van der Waals surface area contributed by atoms with Gasteiger partial charge in [0.05, 0.1) is 36.2 Å². The molecule has 1 aromatic rings. The van der Waals surface area contributed by atoms with Crippen LogP contribution in [0.25, 0.3) is 0 Å². The highest BCUT2D eigenvalue weighted by Gasteiger charge is 2.26. The molecule has 1 aromatic carbocycles. The van der Waals surface area contributed by atoms with Crippen LogP contribution < -0.4 is 5.32 Å². The summed E-state index contributed by atoms with van der Waals surface area (Å²) in [5.41, 5.74) is 0.135. The minimum absolute atomic E-state index is 0.0743. The molecule has 1 aliphatic heterocycles. The van der Waals surface area contributed by atoms with Gasteiger partial charge in [-0.25, -0.2) is 13.2 Å². The van der Waals surface area contributed by atoms with E-state index in [2.05, 4.69) is 5.32 Å². The Hall–Kier alpha value is -2.48. The zero-order chi connectivity index (χ0) is 19.0. The largest absolute Gasteiger partial charge is 0.452 e. The standard InChI is InChI=1S/C16H19N3O6S/c17-6-1-7-18-15(20)12-25-16(21)13-2-4-14(5-3-13)26(22,23)19-8-10-24-11-9-19/h2-5H,1,7-12H2,(H,18,20). The van der Waals surface area contributed by atoms with Crippen molar-refractivity contribution in [2.45, 2.75) is 11.3 Å². The second-order valence-corrected chi connectivity index (χ2v) is 7.31. The number of ether oxygens (including phenoxy) is 2. The molecule has 0 radical (unpaired) electrons. The molecule has 26 heavy (non-hydrogen) atoms. The van der Waals surface area contributed by atoms with Crippen molar-refractivity contribution >= 4 is 21.9 Å². The van der Waals surface area contributed by atoms with Crippen molar-refractivity contribution in [2.75, 3.05) is 39.5 Å². The van der Waals surface area contributed by atoms with Crippen molar-refractivity contribution in [3.05, 3.63) is 29.8 Å². The van der Waals surface area contributed by atoms with E-state index in [9.17, 15) is 18.0 Å². The molecule has 0 unspecified atom stereocenters. The highest BCUT2D eigenvalue weighted by Crippen LogP contribution is 2.18. The predicted molar refractivity (Wildman–Crippen MR) is 89.5 cm³/mol. The summed E-state index contributed by atoms with van der Waals surface area (Å²) in [7, 11) is -3.63. The van der Waals surface area contributed by atoms with Crippen LogP contribution in [0.5, 0.6) is 0 Å². The van der Waals surface area contributed by atoms with Gasteiger partial charge in [0.15, 0.2) is 6.61 Å². The minimum Gasteiger partial charge on any atom is -0.452 e. The fourth-order valence-electron chi connectivity index (χ4n) is 2.22. The first kappa shape index (κ1) is 19.8. The molecule has 1 heterocycles. The average molecular weight is 381 g/mol. The van der Waals surface area contributed by atoms with Crippen LogP contribution in [0.1, 0.15) is 16.8 Å². The van der Waals surface area contributed by atoms with E-state index >= 15 is 0 Å². The highest BCUT2D eigenvalue weighted by atomic mass is 32.2. The lowest BCUT2D eigenvalue weighted by Crippen LogP contribution is -2.40. The average Bonchev–Trinajstić information content (AvgIpc) is 2.67. The molecular formula is C16H19N3O6S. The van der Waals surface area contributed by atoms with Crippen molar-refractivity contribution in [2.24, 2.45) is 0 Å². The van der Waals surface area contributed by atoms with Gasteiger partial charge in [-0.05, 0) is 24.3 Å². The number of morpholine rings is 1. The number of sulfonamides is 1. The second kappa shape index (κ2) is 9.28. The molecule has 0 spiro atoms. The smallest absolute Gasteiger partial charge is 0.338 e. The molecule has 1 aliphatic rings. The van der Waals surface area contributed by atoms with E-state index in [1.807, 2.05) is 6.07 Å². The Balaban J connectivity index is 1.93.